The lowest BCUT2D eigenvalue weighted by Gasteiger charge is -2.32. The Morgan fingerprint density at radius 2 is 1.95 bits per heavy atom. The largest absolute Gasteiger partial charge is 0.496 e. The van der Waals surface area contributed by atoms with Crippen molar-refractivity contribution in [1.82, 2.24) is 14.7 Å². The Hall–Kier alpha value is -1.81. The summed E-state index contributed by atoms with van der Waals surface area (Å²) in [6, 6.07) is 10.4. The summed E-state index contributed by atoms with van der Waals surface area (Å²) >= 11 is 0. The van der Waals surface area contributed by atoms with Crippen LogP contribution in [0.15, 0.2) is 42.7 Å². The van der Waals surface area contributed by atoms with Crippen LogP contribution in [0, 0.1) is 0 Å². The molecule has 0 aliphatic carbocycles. The smallest absolute Gasteiger partial charge is 0.122 e. The number of para-hydroxylation sites is 1. The second kappa shape index (κ2) is 6.76. The van der Waals surface area contributed by atoms with Gasteiger partial charge in [0.2, 0.25) is 0 Å². The highest BCUT2D eigenvalue weighted by atomic mass is 16.5. The van der Waals surface area contributed by atoms with Crippen LogP contribution < -0.4 is 4.74 Å². The molecule has 0 unspecified atom stereocenters. The second-order valence-corrected chi connectivity index (χ2v) is 5.63. The van der Waals surface area contributed by atoms with Crippen molar-refractivity contribution in [2.45, 2.75) is 25.3 Å². The number of hydrogen-bond donors (Lipinski definition) is 0. The Balaban J connectivity index is 1.53. The van der Waals surface area contributed by atoms with Crippen LogP contribution >= 0.6 is 0 Å². The van der Waals surface area contributed by atoms with Crippen LogP contribution in [0.5, 0.6) is 5.75 Å². The van der Waals surface area contributed by atoms with Gasteiger partial charge in [-0.05, 0) is 49.5 Å². The monoisotopic (exact) mass is 285 g/mol. The van der Waals surface area contributed by atoms with Gasteiger partial charge in [0.1, 0.15) is 5.75 Å². The van der Waals surface area contributed by atoms with Crippen molar-refractivity contribution < 1.29 is 4.74 Å². The number of ether oxygens (including phenoxy) is 1. The van der Waals surface area contributed by atoms with Gasteiger partial charge < -0.3 is 9.64 Å². The first-order valence-corrected chi connectivity index (χ1v) is 7.69. The molecule has 4 nitrogen and oxygen atoms in total. The Morgan fingerprint density at radius 3 is 2.67 bits per heavy atom. The molecular weight excluding hydrogens is 262 g/mol. The highest BCUT2D eigenvalue weighted by Gasteiger charge is 2.22. The van der Waals surface area contributed by atoms with Crippen molar-refractivity contribution >= 4 is 0 Å². The molecular formula is C17H23N3O. The molecule has 2 heterocycles. The van der Waals surface area contributed by atoms with E-state index in [1.807, 2.05) is 29.2 Å². The van der Waals surface area contributed by atoms with Crippen LogP contribution in [0.3, 0.4) is 0 Å². The molecule has 0 amide bonds. The molecule has 4 heteroatoms. The Bertz CT molecular complexity index is 545. The van der Waals surface area contributed by atoms with E-state index in [2.05, 4.69) is 28.2 Å². The first-order chi connectivity index (χ1) is 10.4. The van der Waals surface area contributed by atoms with Gasteiger partial charge in [0, 0.05) is 18.9 Å². The van der Waals surface area contributed by atoms with Gasteiger partial charge in [0.05, 0.1) is 13.7 Å². The van der Waals surface area contributed by atoms with E-state index in [0.29, 0.717) is 5.92 Å². The summed E-state index contributed by atoms with van der Waals surface area (Å²) in [6.45, 7) is 4.38. The summed E-state index contributed by atoms with van der Waals surface area (Å²) < 4.78 is 7.50. The normalized spacial score (nSPS) is 17.0. The van der Waals surface area contributed by atoms with E-state index in [-0.39, 0.29) is 0 Å². The fourth-order valence-electron chi connectivity index (χ4n) is 3.15. The van der Waals surface area contributed by atoms with Gasteiger partial charge in [-0.25, -0.2) is 0 Å². The third-order valence-corrected chi connectivity index (χ3v) is 4.37. The van der Waals surface area contributed by atoms with Crippen LogP contribution in [0.25, 0.3) is 0 Å². The molecule has 1 aromatic carbocycles. The molecule has 1 aromatic heterocycles. The molecule has 1 fully saturated rings. The Labute approximate surface area is 126 Å². The molecule has 0 radical (unpaired) electrons. The third-order valence-electron chi connectivity index (χ3n) is 4.37. The average Bonchev–Trinajstić information content (AvgIpc) is 3.07. The maximum Gasteiger partial charge on any atom is 0.122 e. The summed E-state index contributed by atoms with van der Waals surface area (Å²) in [7, 11) is 1.76. The summed E-state index contributed by atoms with van der Waals surface area (Å²) in [6.07, 6.45) is 6.29. The second-order valence-electron chi connectivity index (χ2n) is 5.63. The maximum atomic E-state index is 5.50. The fraction of sp³-hybridized carbons (Fsp3) is 0.471. The number of hydrogen-bond acceptors (Lipinski definition) is 3. The van der Waals surface area contributed by atoms with Gasteiger partial charge in [-0.2, -0.15) is 5.10 Å². The van der Waals surface area contributed by atoms with Crippen LogP contribution in [0.2, 0.25) is 0 Å². The molecule has 1 saturated heterocycles. The highest BCUT2D eigenvalue weighted by molar-refractivity contribution is 5.36. The van der Waals surface area contributed by atoms with E-state index in [0.717, 1.165) is 31.9 Å². The number of likely N-dealkylation sites (tertiary alicyclic amines) is 1. The van der Waals surface area contributed by atoms with E-state index in [1.54, 1.807) is 7.11 Å². The van der Waals surface area contributed by atoms with Crippen molar-refractivity contribution in [1.29, 1.82) is 0 Å². The summed E-state index contributed by atoms with van der Waals surface area (Å²) in [5, 5.41) is 4.26. The van der Waals surface area contributed by atoms with E-state index in [4.69, 9.17) is 4.74 Å². The first-order valence-electron chi connectivity index (χ1n) is 7.69. The SMILES string of the molecule is COc1ccccc1C1CCN(CCn2cccn2)CC1. The zero-order valence-electron chi connectivity index (χ0n) is 12.6. The van der Waals surface area contributed by atoms with E-state index >= 15 is 0 Å². The molecule has 1 aliphatic rings. The summed E-state index contributed by atoms with van der Waals surface area (Å²) in [4.78, 5) is 2.54. The Morgan fingerprint density at radius 1 is 1.14 bits per heavy atom. The number of nitrogens with zero attached hydrogens (tertiary/aromatic N) is 3. The van der Waals surface area contributed by atoms with E-state index < -0.39 is 0 Å². The molecule has 112 valence electrons. The van der Waals surface area contributed by atoms with E-state index in [9.17, 15) is 0 Å². The van der Waals surface area contributed by atoms with Crippen LogP contribution in [0.1, 0.15) is 24.3 Å². The molecule has 0 saturated carbocycles. The minimum absolute atomic E-state index is 0.627. The molecule has 3 rings (SSSR count). The number of rotatable bonds is 5. The number of methoxy groups -OCH3 is 1. The van der Waals surface area contributed by atoms with Crippen molar-refractivity contribution in [2.24, 2.45) is 0 Å². The molecule has 0 bridgehead atoms. The topological polar surface area (TPSA) is 30.3 Å². The van der Waals surface area contributed by atoms with Crippen molar-refractivity contribution in [3.63, 3.8) is 0 Å². The number of piperidine rings is 1. The molecule has 0 atom stereocenters. The quantitative estimate of drug-likeness (QED) is 0.846. The van der Waals surface area contributed by atoms with Gasteiger partial charge in [0.15, 0.2) is 0 Å². The molecule has 2 aromatic rings. The lowest BCUT2D eigenvalue weighted by molar-refractivity contribution is 0.201. The first kappa shape index (κ1) is 14.1. The lowest BCUT2D eigenvalue weighted by Crippen LogP contribution is -2.35. The maximum absolute atomic E-state index is 5.50. The molecule has 0 spiro atoms. The van der Waals surface area contributed by atoms with Crippen LogP contribution in [-0.4, -0.2) is 41.4 Å². The number of benzene rings is 1. The van der Waals surface area contributed by atoms with Crippen LogP contribution in [-0.2, 0) is 6.54 Å². The highest BCUT2D eigenvalue weighted by Crippen LogP contribution is 2.33. The van der Waals surface area contributed by atoms with Gasteiger partial charge in [-0.15, -0.1) is 0 Å². The third kappa shape index (κ3) is 3.45. The minimum atomic E-state index is 0.627. The molecule has 0 N–H and O–H groups in total. The van der Waals surface area contributed by atoms with Gasteiger partial charge in [-0.1, -0.05) is 18.2 Å². The van der Waals surface area contributed by atoms with Crippen LogP contribution in [0.4, 0.5) is 0 Å². The molecule has 21 heavy (non-hydrogen) atoms. The summed E-state index contributed by atoms with van der Waals surface area (Å²) in [5.74, 6) is 1.66. The van der Waals surface area contributed by atoms with Crippen molar-refractivity contribution in [2.75, 3.05) is 26.7 Å². The zero-order valence-corrected chi connectivity index (χ0v) is 12.6. The predicted octanol–water partition coefficient (Wildman–Crippen LogP) is 2.77. The van der Waals surface area contributed by atoms with Gasteiger partial charge >= 0.3 is 0 Å². The standard InChI is InChI=1S/C17H23N3O/c1-21-17-6-3-2-5-16(17)15-7-11-19(12-8-15)13-14-20-10-4-9-18-20/h2-6,9-10,15H,7-8,11-14H2,1H3. The minimum Gasteiger partial charge on any atom is -0.496 e. The van der Waals surface area contributed by atoms with Gasteiger partial charge in [0.25, 0.3) is 0 Å². The average molecular weight is 285 g/mol. The zero-order chi connectivity index (χ0) is 14.5. The van der Waals surface area contributed by atoms with Gasteiger partial charge in [-0.3, -0.25) is 4.68 Å². The van der Waals surface area contributed by atoms with E-state index in [1.165, 1.54) is 18.4 Å². The molecule has 1 aliphatic heterocycles. The lowest BCUT2D eigenvalue weighted by atomic mass is 9.89. The fourth-order valence-corrected chi connectivity index (χ4v) is 3.15. The Kier molecular flexibility index (Phi) is 4.55. The summed E-state index contributed by atoms with van der Waals surface area (Å²) in [5.41, 5.74) is 1.37. The number of aromatic nitrogens is 2. The van der Waals surface area contributed by atoms with Crippen molar-refractivity contribution in [3.05, 3.63) is 48.3 Å². The predicted molar refractivity (Wildman–Crippen MR) is 83.6 cm³/mol. The van der Waals surface area contributed by atoms with Crippen molar-refractivity contribution in [3.8, 4) is 5.75 Å².